The first-order valence-electron chi connectivity index (χ1n) is 9.97. The number of fused-ring (bicyclic) bond motifs is 1. The third kappa shape index (κ3) is 3.41. The average Bonchev–Trinajstić information content (AvgIpc) is 2.95. The Balaban J connectivity index is 1.58. The molecule has 0 saturated heterocycles. The van der Waals surface area contributed by atoms with Gasteiger partial charge in [0.05, 0.1) is 4.90 Å². The van der Waals surface area contributed by atoms with Gasteiger partial charge in [0.2, 0.25) is 5.91 Å². The Morgan fingerprint density at radius 1 is 1.14 bits per heavy atom. The summed E-state index contributed by atoms with van der Waals surface area (Å²) < 4.78 is 28.3. The van der Waals surface area contributed by atoms with Crippen LogP contribution in [0.25, 0.3) is 0 Å². The molecule has 148 valence electrons. The van der Waals surface area contributed by atoms with Crippen molar-refractivity contribution in [1.29, 1.82) is 0 Å². The predicted octanol–water partition coefficient (Wildman–Crippen LogP) is 4.13. The van der Waals surface area contributed by atoms with Gasteiger partial charge in [0.15, 0.2) is 0 Å². The molecule has 28 heavy (non-hydrogen) atoms. The fraction of sp³-hybridized carbons (Fsp3) is 0.409. The van der Waals surface area contributed by atoms with Gasteiger partial charge in [-0.25, -0.2) is 8.42 Å². The van der Waals surface area contributed by atoms with E-state index in [0.717, 1.165) is 42.5 Å². The molecule has 1 aliphatic heterocycles. The molecule has 1 amide bonds. The molecule has 5 nitrogen and oxygen atoms in total. The first kappa shape index (κ1) is 19.0. The Hall–Kier alpha value is -2.34. The van der Waals surface area contributed by atoms with Gasteiger partial charge in [0.25, 0.3) is 10.0 Å². The van der Waals surface area contributed by atoms with Gasteiger partial charge >= 0.3 is 0 Å². The van der Waals surface area contributed by atoms with Crippen LogP contribution in [0.3, 0.4) is 0 Å². The lowest BCUT2D eigenvalue weighted by Gasteiger charge is -2.32. The van der Waals surface area contributed by atoms with Crippen LogP contribution in [0.2, 0.25) is 0 Å². The molecule has 0 radical (unpaired) electrons. The van der Waals surface area contributed by atoms with E-state index >= 15 is 0 Å². The van der Waals surface area contributed by atoms with E-state index in [1.54, 1.807) is 30.3 Å². The monoisotopic (exact) mass is 398 g/mol. The van der Waals surface area contributed by atoms with E-state index in [2.05, 4.69) is 11.6 Å². The van der Waals surface area contributed by atoms with E-state index in [0.29, 0.717) is 12.1 Å². The van der Waals surface area contributed by atoms with E-state index in [4.69, 9.17) is 0 Å². The topological polar surface area (TPSA) is 66.5 Å². The van der Waals surface area contributed by atoms with Crippen LogP contribution in [-0.4, -0.2) is 20.4 Å². The number of amides is 1. The summed E-state index contributed by atoms with van der Waals surface area (Å²) in [6.07, 6.45) is 4.64. The van der Waals surface area contributed by atoms with Crippen LogP contribution in [0.15, 0.2) is 47.4 Å². The van der Waals surface area contributed by atoms with Crippen molar-refractivity contribution in [3.05, 3.63) is 53.6 Å². The normalized spacial score (nSPS) is 19.2. The van der Waals surface area contributed by atoms with E-state index in [-0.39, 0.29) is 22.8 Å². The van der Waals surface area contributed by atoms with Gasteiger partial charge in [-0.1, -0.05) is 25.5 Å². The smallest absolute Gasteiger partial charge is 0.261 e. The van der Waals surface area contributed by atoms with Crippen molar-refractivity contribution in [2.24, 2.45) is 5.92 Å². The van der Waals surface area contributed by atoms with Crippen LogP contribution in [0, 0.1) is 5.92 Å². The Bertz CT molecular complexity index is 995. The van der Waals surface area contributed by atoms with Crippen molar-refractivity contribution >= 4 is 27.3 Å². The Morgan fingerprint density at radius 3 is 2.46 bits per heavy atom. The molecular weight excluding hydrogens is 372 g/mol. The summed E-state index contributed by atoms with van der Waals surface area (Å²) in [4.78, 5) is 14.9. The molecule has 0 bridgehead atoms. The number of carbonyl (C=O) groups excluding carboxylic acids is 1. The number of hydrogen-bond acceptors (Lipinski definition) is 3. The molecule has 2 aliphatic rings. The van der Waals surface area contributed by atoms with Gasteiger partial charge in [0, 0.05) is 23.3 Å². The van der Waals surface area contributed by atoms with Crippen LogP contribution in [-0.2, 0) is 27.7 Å². The number of benzene rings is 2. The number of hydrogen-bond donors (Lipinski definition) is 1. The van der Waals surface area contributed by atoms with E-state index in [1.165, 1.54) is 0 Å². The number of rotatable bonds is 5. The summed E-state index contributed by atoms with van der Waals surface area (Å²) in [5, 5.41) is 0. The minimum atomic E-state index is -3.67. The fourth-order valence-corrected chi connectivity index (χ4v) is 5.09. The third-order valence-corrected chi connectivity index (χ3v) is 7.26. The van der Waals surface area contributed by atoms with Gasteiger partial charge in [0.1, 0.15) is 0 Å². The SMILES string of the molecule is CCc1ccc(NS(=O)(=O)c2ccc3c(c2)C[C@@H](C)N3C(=O)C2CCC2)cc1. The van der Waals surface area contributed by atoms with Crippen molar-refractivity contribution in [2.45, 2.75) is 56.9 Å². The van der Waals surface area contributed by atoms with Crippen LogP contribution in [0.5, 0.6) is 0 Å². The largest absolute Gasteiger partial charge is 0.309 e. The van der Waals surface area contributed by atoms with E-state index < -0.39 is 10.0 Å². The van der Waals surface area contributed by atoms with E-state index in [1.807, 2.05) is 24.0 Å². The zero-order valence-electron chi connectivity index (χ0n) is 16.3. The molecule has 1 fully saturated rings. The summed E-state index contributed by atoms with van der Waals surface area (Å²) in [6, 6.07) is 12.6. The maximum Gasteiger partial charge on any atom is 0.261 e. The average molecular weight is 399 g/mol. The Kier molecular flexibility index (Phi) is 4.91. The molecule has 1 atom stereocenters. The lowest BCUT2D eigenvalue weighted by molar-refractivity contribution is -0.125. The number of anilines is 2. The molecule has 6 heteroatoms. The Morgan fingerprint density at radius 2 is 1.86 bits per heavy atom. The van der Waals surface area contributed by atoms with Gasteiger partial charge in [-0.15, -0.1) is 0 Å². The molecule has 1 saturated carbocycles. The Labute approximate surface area is 166 Å². The first-order chi connectivity index (χ1) is 13.4. The standard InChI is InChI=1S/C22H26N2O3S/c1-3-16-7-9-19(10-8-16)23-28(26,27)20-11-12-21-18(14-20)13-15(2)24(21)22(25)17-5-4-6-17/h7-12,14-15,17,23H,3-6,13H2,1-2H3/t15-/m1/s1. The van der Waals surface area contributed by atoms with Crippen molar-refractivity contribution in [3.63, 3.8) is 0 Å². The lowest BCUT2D eigenvalue weighted by Crippen LogP contribution is -2.42. The highest BCUT2D eigenvalue weighted by atomic mass is 32.2. The highest BCUT2D eigenvalue weighted by Crippen LogP contribution is 2.38. The highest BCUT2D eigenvalue weighted by molar-refractivity contribution is 7.92. The molecule has 4 rings (SSSR count). The fourth-order valence-electron chi connectivity index (χ4n) is 3.98. The molecule has 0 unspecified atom stereocenters. The minimum absolute atomic E-state index is 0.0654. The van der Waals surface area contributed by atoms with Gasteiger partial charge < -0.3 is 4.90 Å². The predicted molar refractivity (Wildman–Crippen MR) is 111 cm³/mol. The maximum atomic E-state index is 12.8. The van der Waals surface area contributed by atoms with Crippen LogP contribution < -0.4 is 9.62 Å². The second-order valence-electron chi connectivity index (χ2n) is 7.84. The zero-order chi connectivity index (χ0) is 19.9. The zero-order valence-corrected chi connectivity index (χ0v) is 17.1. The summed E-state index contributed by atoms with van der Waals surface area (Å²) in [5.74, 6) is 0.312. The number of nitrogens with one attached hydrogen (secondary N) is 1. The highest BCUT2D eigenvalue weighted by Gasteiger charge is 2.37. The maximum absolute atomic E-state index is 12.8. The molecule has 1 N–H and O–H groups in total. The number of carbonyl (C=O) groups is 1. The van der Waals surface area contributed by atoms with Crippen molar-refractivity contribution in [3.8, 4) is 0 Å². The van der Waals surface area contributed by atoms with Crippen LogP contribution in [0.1, 0.15) is 44.2 Å². The lowest BCUT2D eigenvalue weighted by atomic mass is 9.84. The third-order valence-electron chi connectivity index (χ3n) is 5.88. The van der Waals surface area contributed by atoms with Gasteiger partial charge in [-0.05, 0) is 74.1 Å². The number of sulfonamides is 1. The molecular formula is C22H26N2O3S. The van der Waals surface area contributed by atoms with Crippen molar-refractivity contribution in [2.75, 3.05) is 9.62 Å². The molecule has 1 heterocycles. The summed E-state index contributed by atoms with van der Waals surface area (Å²) >= 11 is 0. The summed E-state index contributed by atoms with van der Waals surface area (Å²) in [5.41, 5.74) is 3.48. The second-order valence-corrected chi connectivity index (χ2v) is 9.52. The molecule has 2 aromatic carbocycles. The van der Waals surface area contributed by atoms with Gasteiger partial charge in [-0.2, -0.15) is 0 Å². The van der Waals surface area contributed by atoms with Gasteiger partial charge in [-0.3, -0.25) is 9.52 Å². The summed E-state index contributed by atoms with van der Waals surface area (Å²) in [6.45, 7) is 4.09. The van der Waals surface area contributed by atoms with Crippen molar-refractivity contribution in [1.82, 2.24) is 0 Å². The van der Waals surface area contributed by atoms with E-state index in [9.17, 15) is 13.2 Å². The quantitative estimate of drug-likeness (QED) is 0.824. The van der Waals surface area contributed by atoms with Crippen LogP contribution >= 0.6 is 0 Å². The molecule has 1 aliphatic carbocycles. The van der Waals surface area contributed by atoms with Crippen LogP contribution in [0.4, 0.5) is 11.4 Å². The molecule has 2 aromatic rings. The first-order valence-corrected chi connectivity index (χ1v) is 11.4. The summed E-state index contributed by atoms with van der Waals surface area (Å²) in [7, 11) is -3.67. The van der Waals surface area contributed by atoms with Crippen molar-refractivity contribution < 1.29 is 13.2 Å². The minimum Gasteiger partial charge on any atom is -0.309 e. The molecule has 0 aromatic heterocycles. The molecule has 0 spiro atoms. The second kappa shape index (κ2) is 7.24. The number of aryl methyl sites for hydroxylation is 1. The number of nitrogens with zero attached hydrogens (tertiary/aromatic N) is 1.